The molecule has 1 aliphatic heterocycles. The molecule has 3 amide bonds. The summed E-state index contributed by atoms with van der Waals surface area (Å²) in [4.78, 5) is 28.2. The summed E-state index contributed by atoms with van der Waals surface area (Å²) in [6.07, 6.45) is 1.21. The van der Waals surface area contributed by atoms with Crippen LogP contribution in [-0.4, -0.2) is 68.7 Å². The number of piperazine rings is 1. The Kier molecular flexibility index (Phi) is 8.91. The number of carbonyl (C=O) groups excluding carboxylic acids is 2. The summed E-state index contributed by atoms with van der Waals surface area (Å²) in [6, 6.07) is 10.4. The number of nitrogens with zero attached hydrogens (tertiary/aromatic N) is 2. The maximum Gasteiger partial charge on any atom is 0.314 e. The number of nitrogens with one attached hydrogen (secondary N) is 3. The first-order valence-corrected chi connectivity index (χ1v) is 9.92. The molecule has 1 heterocycles. The van der Waals surface area contributed by atoms with Crippen molar-refractivity contribution < 1.29 is 9.59 Å². The number of rotatable bonds is 9. The van der Waals surface area contributed by atoms with Crippen molar-refractivity contribution in [2.45, 2.75) is 32.7 Å². The molecule has 7 heteroatoms. The van der Waals surface area contributed by atoms with Gasteiger partial charge in [0.15, 0.2) is 0 Å². The van der Waals surface area contributed by atoms with Gasteiger partial charge in [-0.15, -0.1) is 0 Å². The van der Waals surface area contributed by atoms with Crippen LogP contribution in [0.25, 0.3) is 0 Å². The molecule has 1 fully saturated rings. The molecule has 7 nitrogen and oxygen atoms in total. The molecule has 1 aromatic carbocycles. The fourth-order valence-electron chi connectivity index (χ4n) is 3.00. The van der Waals surface area contributed by atoms with Crippen LogP contribution in [0.4, 0.5) is 10.5 Å². The summed E-state index contributed by atoms with van der Waals surface area (Å²) in [5.41, 5.74) is 1.27. The first kappa shape index (κ1) is 21.0. The third kappa shape index (κ3) is 7.86. The lowest BCUT2D eigenvalue weighted by molar-refractivity contribution is -0.121. The average molecular weight is 376 g/mol. The van der Waals surface area contributed by atoms with E-state index in [1.165, 1.54) is 5.69 Å². The third-order valence-corrected chi connectivity index (χ3v) is 4.86. The van der Waals surface area contributed by atoms with Crippen molar-refractivity contribution >= 4 is 17.6 Å². The normalized spacial score (nSPS) is 15.9. The van der Waals surface area contributed by atoms with Gasteiger partial charge < -0.3 is 20.9 Å². The maximum atomic E-state index is 11.8. The van der Waals surface area contributed by atoms with Crippen LogP contribution in [0.3, 0.4) is 0 Å². The van der Waals surface area contributed by atoms with Gasteiger partial charge in [0.1, 0.15) is 0 Å². The molecule has 0 saturated carbocycles. The lowest BCUT2D eigenvalue weighted by atomic mass is 10.2. The molecule has 0 spiro atoms. The molecule has 0 unspecified atom stereocenters. The fourth-order valence-corrected chi connectivity index (χ4v) is 3.00. The Morgan fingerprint density at radius 3 is 2.37 bits per heavy atom. The van der Waals surface area contributed by atoms with Crippen molar-refractivity contribution in [3.05, 3.63) is 30.3 Å². The predicted octanol–water partition coefficient (Wildman–Crippen LogP) is 1.41. The zero-order valence-electron chi connectivity index (χ0n) is 16.5. The molecule has 1 saturated heterocycles. The fraction of sp³-hybridized carbons (Fsp3) is 0.600. The van der Waals surface area contributed by atoms with Gasteiger partial charge in [-0.1, -0.05) is 25.1 Å². The zero-order valence-corrected chi connectivity index (χ0v) is 16.5. The Hall–Kier alpha value is -2.28. The molecule has 27 heavy (non-hydrogen) atoms. The van der Waals surface area contributed by atoms with E-state index in [4.69, 9.17) is 0 Å². The molecule has 150 valence electrons. The molecular weight excluding hydrogens is 342 g/mol. The first-order valence-electron chi connectivity index (χ1n) is 9.92. The van der Waals surface area contributed by atoms with Crippen LogP contribution >= 0.6 is 0 Å². The second kappa shape index (κ2) is 11.4. The van der Waals surface area contributed by atoms with Gasteiger partial charge in [-0.2, -0.15) is 0 Å². The number of anilines is 1. The minimum Gasteiger partial charge on any atom is -0.369 e. The van der Waals surface area contributed by atoms with E-state index in [9.17, 15) is 9.59 Å². The second-order valence-electron chi connectivity index (χ2n) is 6.97. The Balaban J connectivity index is 1.52. The second-order valence-corrected chi connectivity index (χ2v) is 6.97. The minimum atomic E-state index is -0.214. The predicted molar refractivity (Wildman–Crippen MR) is 109 cm³/mol. The standard InChI is InChI=1S/C20H33N5O2/c1-3-17(2)23-19(26)9-10-21-20(27)22-11-12-24-13-15-25(16-14-24)18-7-5-4-6-8-18/h4-8,17H,3,9-16H2,1-2H3,(H,23,26)(H2,21,22,27)/t17-/m0/s1. The zero-order chi connectivity index (χ0) is 19.5. The number of carbonyl (C=O) groups is 2. The molecule has 1 aromatic rings. The molecule has 0 aromatic heterocycles. The number of urea groups is 1. The van der Waals surface area contributed by atoms with E-state index in [0.29, 0.717) is 19.5 Å². The quantitative estimate of drug-likeness (QED) is 0.610. The molecular formula is C20H33N5O2. The number of hydrogen-bond acceptors (Lipinski definition) is 4. The van der Waals surface area contributed by atoms with Crippen LogP contribution in [0, 0.1) is 0 Å². The van der Waals surface area contributed by atoms with Crippen molar-refractivity contribution in [2.24, 2.45) is 0 Å². The molecule has 0 aliphatic carbocycles. The highest BCUT2D eigenvalue weighted by Gasteiger charge is 2.16. The molecule has 3 N–H and O–H groups in total. The van der Waals surface area contributed by atoms with Crippen LogP contribution in [0.5, 0.6) is 0 Å². The number of benzene rings is 1. The van der Waals surface area contributed by atoms with Crippen molar-refractivity contribution in [1.29, 1.82) is 0 Å². The highest BCUT2D eigenvalue weighted by Crippen LogP contribution is 2.15. The summed E-state index contributed by atoms with van der Waals surface area (Å²) in [5, 5.41) is 8.48. The van der Waals surface area contributed by atoms with Crippen LogP contribution in [0.1, 0.15) is 26.7 Å². The van der Waals surface area contributed by atoms with Crippen LogP contribution in [-0.2, 0) is 4.79 Å². The summed E-state index contributed by atoms with van der Waals surface area (Å²) < 4.78 is 0. The van der Waals surface area contributed by atoms with E-state index >= 15 is 0 Å². The smallest absolute Gasteiger partial charge is 0.314 e. The summed E-state index contributed by atoms with van der Waals surface area (Å²) in [7, 11) is 0. The van der Waals surface area contributed by atoms with E-state index in [-0.39, 0.29) is 18.0 Å². The Morgan fingerprint density at radius 2 is 1.70 bits per heavy atom. The van der Waals surface area contributed by atoms with Gasteiger partial charge in [-0.3, -0.25) is 9.69 Å². The average Bonchev–Trinajstić information content (AvgIpc) is 2.69. The van der Waals surface area contributed by atoms with Crippen LogP contribution in [0.15, 0.2) is 30.3 Å². The SMILES string of the molecule is CC[C@H](C)NC(=O)CCNC(=O)NCCN1CCN(c2ccccc2)CC1. The van der Waals surface area contributed by atoms with Gasteiger partial charge in [0.25, 0.3) is 0 Å². The Bertz CT molecular complexity index is 573. The number of hydrogen-bond donors (Lipinski definition) is 3. The highest BCUT2D eigenvalue weighted by molar-refractivity contribution is 5.78. The molecule has 1 aliphatic rings. The van der Waals surface area contributed by atoms with Gasteiger partial charge in [-0.25, -0.2) is 4.79 Å². The van der Waals surface area contributed by atoms with E-state index in [2.05, 4.69) is 50.0 Å². The van der Waals surface area contributed by atoms with Gasteiger partial charge >= 0.3 is 6.03 Å². The van der Waals surface area contributed by atoms with E-state index in [1.54, 1.807) is 0 Å². The monoisotopic (exact) mass is 375 g/mol. The highest BCUT2D eigenvalue weighted by atomic mass is 16.2. The van der Waals surface area contributed by atoms with Crippen molar-refractivity contribution in [1.82, 2.24) is 20.9 Å². The molecule has 2 rings (SSSR count). The number of para-hydroxylation sites is 1. The molecule has 1 atom stereocenters. The molecule has 0 bridgehead atoms. The Morgan fingerprint density at radius 1 is 1.04 bits per heavy atom. The minimum absolute atomic E-state index is 0.0269. The van der Waals surface area contributed by atoms with Gasteiger partial charge in [0.2, 0.25) is 5.91 Å². The van der Waals surface area contributed by atoms with Crippen molar-refractivity contribution in [2.75, 3.05) is 50.7 Å². The maximum absolute atomic E-state index is 11.8. The third-order valence-electron chi connectivity index (χ3n) is 4.86. The van der Waals surface area contributed by atoms with E-state index in [1.807, 2.05) is 19.9 Å². The molecule has 0 radical (unpaired) electrons. The van der Waals surface area contributed by atoms with E-state index < -0.39 is 0 Å². The summed E-state index contributed by atoms with van der Waals surface area (Å²) in [5.74, 6) is -0.0269. The van der Waals surface area contributed by atoms with Gasteiger partial charge in [0.05, 0.1) is 0 Å². The van der Waals surface area contributed by atoms with E-state index in [0.717, 1.165) is 39.1 Å². The largest absolute Gasteiger partial charge is 0.369 e. The lowest BCUT2D eigenvalue weighted by Crippen LogP contribution is -2.49. The number of amides is 3. The van der Waals surface area contributed by atoms with Gasteiger partial charge in [-0.05, 0) is 25.5 Å². The van der Waals surface area contributed by atoms with Crippen LogP contribution in [0.2, 0.25) is 0 Å². The lowest BCUT2D eigenvalue weighted by Gasteiger charge is -2.36. The van der Waals surface area contributed by atoms with Crippen LogP contribution < -0.4 is 20.9 Å². The topological polar surface area (TPSA) is 76.7 Å². The summed E-state index contributed by atoms with van der Waals surface area (Å²) in [6.45, 7) is 9.78. The summed E-state index contributed by atoms with van der Waals surface area (Å²) >= 11 is 0. The Labute approximate surface area is 162 Å². The first-order chi connectivity index (χ1) is 13.1. The van der Waals surface area contributed by atoms with Gasteiger partial charge in [0, 0.05) is 64.0 Å². The van der Waals surface area contributed by atoms with Crippen molar-refractivity contribution in [3.8, 4) is 0 Å². The van der Waals surface area contributed by atoms with Crippen molar-refractivity contribution in [3.63, 3.8) is 0 Å².